The van der Waals surface area contributed by atoms with Crippen LogP contribution in [0.1, 0.15) is 52.7 Å². The molecule has 0 N–H and O–H groups in total. The number of benzene rings is 1. The maximum atomic E-state index is 12.2. The molecule has 1 aromatic carbocycles. The van der Waals surface area contributed by atoms with Crippen molar-refractivity contribution < 1.29 is 14.3 Å². The number of ether oxygens (including phenoxy) is 2. The number of hydrogen-bond acceptors (Lipinski definition) is 4. The van der Waals surface area contributed by atoms with Crippen LogP contribution in [0.25, 0.3) is 0 Å². The molecule has 0 aliphatic carbocycles. The highest BCUT2D eigenvalue weighted by atomic mass is 16.6. The molecule has 1 saturated heterocycles. The SMILES string of the molecule is Cc1ccc(CN2CCN(C(=O)OC(C)(C)C)CC2)c(OCC(C)(C)C)c1. The lowest BCUT2D eigenvalue weighted by atomic mass is 9.98. The van der Waals surface area contributed by atoms with Gasteiger partial charge in [-0.1, -0.05) is 32.9 Å². The van der Waals surface area contributed by atoms with Crippen molar-refractivity contribution in [1.82, 2.24) is 9.80 Å². The zero-order valence-corrected chi connectivity index (χ0v) is 18.1. The number of rotatable bonds is 4. The summed E-state index contributed by atoms with van der Waals surface area (Å²) in [6.45, 7) is 18.9. The van der Waals surface area contributed by atoms with Crippen LogP contribution in [-0.2, 0) is 11.3 Å². The van der Waals surface area contributed by atoms with Gasteiger partial charge in [0.15, 0.2) is 0 Å². The highest BCUT2D eigenvalue weighted by molar-refractivity contribution is 5.68. The predicted octanol–water partition coefficient (Wildman–Crippen LogP) is 4.47. The summed E-state index contributed by atoms with van der Waals surface area (Å²) < 4.78 is 11.6. The Hall–Kier alpha value is -1.75. The molecule has 1 aliphatic heterocycles. The third-order valence-corrected chi connectivity index (χ3v) is 4.30. The van der Waals surface area contributed by atoms with Gasteiger partial charge in [0.1, 0.15) is 11.4 Å². The quantitative estimate of drug-likeness (QED) is 0.777. The Kier molecular flexibility index (Phi) is 6.79. The third kappa shape index (κ3) is 7.41. The van der Waals surface area contributed by atoms with Crippen LogP contribution in [0.4, 0.5) is 4.79 Å². The number of carbonyl (C=O) groups is 1. The molecule has 1 aliphatic rings. The van der Waals surface area contributed by atoms with Gasteiger partial charge in [0.25, 0.3) is 0 Å². The van der Waals surface area contributed by atoms with E-state index in [4.69, 9.17) is 9.47 Å². The van der Waals surface area contributed by atoms with Gasteiger partial charge in [-0.2, -0.15) is 0 Å². The lowest BCUT2D eigenvalue weighted by Gasteiger charge is -2.35. The van der Waals surface area contributed by atoms with Crippen LogP contribution in [-0.4, -0.2) is 54.3 Å². The molecule has 5 nitrogen and oxygen atoms in total. The van der Waals surface area contributed by atoms with Gasteiger partial charge in [-0.15, -0.1) is 0 Å². The van der Waals surface area contributed by atoms with Crippen LogP contribution in [0.2, 0.25) is 0 Å². The minimum Gasteiger partial charge on any atom is -0.493 e. The third-order valence-electron chi connectivity index (χ3n) is 4.30. The van der Waals surface area contributed by atoms with Gasteiger partial charge in [0.05, 0.1) is 6.61 Å². The van der Waals surface area contributed by atoms with Crippen LogP contribution in [0.3, 0.4) is 0 Å². The Labute approximate surface area is 164 Å². The minimum absolute atomic E-state index is 0.125. The molecule has 1 amide bonds. The Morgan fingerprint density at radius 3 is 2.22 bits per heavy atom. The van der Waals surface area contributed by atoms with Crippen molar-refractivity contribution in [2.24, 2.45) is 5.41 Å². The van der Waals surface area contributed by atoms with Crippen molar-refractivity contribution in [3.8, 4) is 5.75 Å². The van der Waals surface area contributed by atoms with Gasteiger partial charge in [-0.25, -0.2) is 4.79 Å². The second kappa shape index (κ2) is 8.51. The van der Waals surface area contributed by atoms with Gasteiger partial charge >= 0.3 is 6.09 Å². The van der Waals surface area contributed by atoms with E-state index in [1.165, 1.54) is 11.1 Å². The maximum absolute atomic E-state index is 12.2. The topological polar surface area (TPSA) is 42.0 Å². The van der Waals surface area contributed by atoms with Crippen LogP contribution in [0, 0.1) is 12.3 Å². The second-order valence-electron chi connectivity index (χ2n) is 9.70. The fourth-order valence-electron chi connectivity index (χ4n) is 2.88. The molecule has 5 heteroatoms. The predicted molar refractivity (Wildman–Crippen MR) is 109 cm³/mol. The number of amides is 1. The zero-order valence-electron chi connectivity index (χ0n) is 18.1. The summed E-state index contributed by atoms with van der Waals surface area (Å²) in [6, 6.07) is 6.42. The molecular formula is C22H36N2O3. The molecule has 2 rings (SSSR count). The molecule has 0 saturated carbocycles. The van der Waals surface area contributed by atoms with Gasteiger partial charge in [-0.3, -0.25) is 4.90 Å². The summed E-state index contributed by atoms with van der Waals surface area (Å²) in [6.07, 6.45) is -0.216. The van der Waals surface area contributed by atoms with Gasteiger partial charge in [0, 0.05) is 38.3 Å². The van der Waals surface area contributed by atoms with Crippen LogP contribution >= 0.6 is 0 Å². The van der Waals surface area contributed by atoms with E-state index < -0.39 is 5.60 Å². The largest absolute Gasteiger partial charge is 0.493 e. The summed E-state index contributed by atoms with van der Waals surface area (Å²) in [4.78, 5) is 16.4. The highest BCUT2D eigenvalue weighted by Crippen LogP contribution is 2.25. The minimum atomic E-state index is -0.449. The van der Waals surface area contributed by atoms with Crippen molar-refractivity contribution >= 4 is 6.09 Å². The molecule has 1 aromatic rings. The fourth-order valence-corrected chi connectivity index (χ4v) is 2.88. The summed E-state index contributed by atoms with van der Waals surface area (Å²) in [5.74, 6) is 0.972. The fraction of sp³-hybridized carbons (Fsp3) is 0.682. The van der Waals surface area contributed by atoms with Gasteiger partial charge in [-0.05, 0) is 44.7 Å². The van der Waals surface area contributed by atoms with E-state index in [1.54, 1.807) is 4.90 Å². The smallest absolute Gasteiger partial charge is 0.410 e. The standard InChI is InChI=1S/C22H36N2O3/c1-17-8-9-18(19(14-17)26-16-21(2,3)4)15-23-10-12-24(13-11-23)20(25)27-22(5,6)7/h8-9,14H,10-13,15-16H2,1-7H3. The van der Waals surface area contributed by atoms with E-state index in [0.717, 1.165) is 25.4 Å². The van der Waals surface area contributed by atoms with Gasteiger partial charge < -0.3 is 14.4 Å². The van der Waals surface area contributed by atoms with E-state index in [9.17, 15) is 4.79 Å². The first-order chi connectivity index (χ1) is 12.4. The normalized spacial score (nSPS) is 16.3. The number of hydrogen-bond donors (Lipinski definition) is 0. The number of nitrogens with zero attached hydrogens (tertiary/aromatic N) is 2. The molecule has 0 bridgehead atoms. The molecule has 27 heavy (non-hydrogen) atoms. The molecule has 1 heterocycles. The second-order valence-corrected chi connectivity index (χ2v) is 9.70. The molecular weight excluding hydrogens is 340 g/mol. The summed E-state index contributed by atoms with van der Waals surface area (Å²) in [7, 11) is 0. The van der Waals surface area contributed by atoms with E-state index in [-0.39, 0.29) is 11.5 Å². The monoisotopic (exact) mass is 376 g/mol. The summed E-state index contributed by atoms with van der Waals surface area (Å²) in [5, 5.41) is 0. The Morgan fingerprint density at radius 2 is 1.67 bits per heavy atom. The van der Waals surface area contributed by atoms with Crippen LogP contribution < -0.4 is 4.74 Å². The summed E-state index contributed by atoms with van der Waals surface area (Å²) >= 11 is 0. The number of carbonyl (C=O) groups excluding carboxylic acids is 1. The molecule has 0 atom stereocenters. The van der Waals surface area contributed by atoms with E-state index in [1.807, 2.05) is 20.8 Å². The van der Waals surface area contributed by atoms with E-state index in [0.29, 0.717) is 19.7 Å². The Balaban J connectivity index is 1.94. The first-order valence-corrected chi connectivity index (χ1v) is 9.86. The van der Waals surface area contributed by atoms with Crippen molar-refractivity contribution in [2.45, 2.75) is 60.6 Å². The molecule has 0 aromatic heterocycles. The van der Waals surface area contributed by atoms with Crippen molar-refractivity contribution in [1.29, 1.82) is 0 Å². The molecule has 0 radical (unpaired) electrons. The van der Waals surface area contributed by atoms with Crippen molar-refractivity contribution in [2.75, 3.05) is 32.8 Å². The van der Waals surface area contributed by atoms with E-state index >= 15 is 0 Å². The van der Waals surface area contributed by atoms with Gasteiger partial charge in [0.2, 0.25) is 0 Å². The lowest BCUT2D eigenvalue weighted by molar-refractivity contribution is 0.0138. The van der Waals surface area contributed by atoms with Crippen LogP contribution in [0.15, 0.2) is 18.2 Å². The Bertz CT molecular complexity index is 636. The molecule has 0 unspecified atom stereocenters. The van der Waals surface area contributed by atoms with Crippen molar-refractivity contribution in [3.05, 3.63) is 29.3 Å². The first kappa shape index (κ1) is 21.5. The molecule has 152 valence electrons. The lowest BCUT2D eigenvalue weighted by Crippen LogP contribution is -2.49. The number of aryl methyl sites for hydroxylation is 1. The zero-order chi connectivity index (χ0) is 20.2. The Morgan fingerprint density at radius 1 is 1.04 bits per heavy atom. The van der Waals surface area contributed by atoms with Crippen molar-refractivity contribution in [3.63, 3.8) is 0 Å². The van der Waals surface area contributed by atoms with E-state index in [2.05, 4.69) is 50.8 Å². The summed E-state index contributed by atoms with van der Waals surface area (Å²) in [5.41, 5.74) is 2.09. The number of piperazine rings is 1. The molecule has 1 fully saturated rings. The first-order valence-electron chi connectivity index (χ1n) is 9.86. The molecule has 0 spiro atoms. The average molecular weight is 377 g/mol. The average Bonchev–Trinajstić information content (AvgIpc) is 2.53. The van der Waals surface area contributed by atoms with Crippen LogP contribution in [0.5, 0.6) is 5.75 Å². The highest BCUT2D eigenvalue weighted by Gasteiger charge is 2.26. The maximum Gasteiger partial charge on any atom is 0.410 e.